The number of nitrogens with zero attached hydrogens (tertiary/aromatic N) is 2. The molecule has 5 atom stereocenters. The third-order valence-corrected chi connectivity index (χ3v) is 10.3. The molecule has 0 aliphatic carbocycles. The number of hydrogen-bond acceptors (Lipinski definition) is 5. The number of aromatic nitrogens is 1. The van der Waals surface area contributed by atoms with Crippen LogP contribution in [0.1, 0.15) is 24.3 Å². The summed E-state index contributed by atoms with van der Waals surface area (Å²) >= 11 is 0. The Hall–Kier alpha value is -3.22. The summed E-state index contributed by atoms with van der Waals surface area (Å²) in [5, 5.41) is 2.68. The monoisotopic (exact) mass is 512 g/mol. The SMILES string of the molecule is C=CC1CN2CCC1C[C@H]2[C@@H](CS(=O)(=O)c1cccc2ccccc12)c1ccnc2ccc(OC)cc12. The molecule has 7 rings (SSSR count). The van der Waals surface area contributed by atoms with Gasteiger partial charge in [-0.25, -0.2) is 8.42 Å². The van der Waals surface area contributed by atoms with E-state index < -0.39 is 9.84 Å². The van der Waals surface area contributed by atoms with Gasteiger partial charge in [-0.15, -0.1) is 6.58 Å². The first-order valence-corrected chi connectivity index (χ1v) is 14.6. The number of piperidine rings is 3. The first kappa shape index (κ1) is 24.1. The summed E-state index contributed by atoms with van der Waals surface area (Å²) in [5.41, 5.74) is 1.88. The largest absolute Gasteiger partial charge is 0.497 e. The highest BCUT2D eigenvalue weighted by Crippen LogP contribution is 2.44. The van der Waals surface area contributed by atoms with Gasteiger partial charge in [-0.1, -0.05) is 42.5 Å². The normalized spacial score (nSPS) is 24.2. The zero-order valence-corrected chi connectivity index (χ0v) is 21.9. The molecular weight excluding hydrogens is 480 g/mol. The molecule has 1 aromatic heterocycles. The lowest BCUT2D eigenvalue weighted by Gasteiger charge is -2.51. The molecule has 0 radical (unpaired) electrons. The molecule has 0 saturated carbocycles. The third kappa shape index (κ3) is 4.32. The van der Waals surface area contributed by atoms with Crippen molar-refractivity contribution in [2.75, 3.05) is 26.0 Å². The lowest BCUT2D eigenvalue weighted by molar-refractivity contribution is 0.00969. The molecule has 3 unspecified atom stereocenters. The van der Waals surface area contributed by atoms with Crippen molar-refractivity contribution in [2.24, 2.45) is 11.8 Å². The van der Waals surface area contributed by atoms with E-state index in [1.54, 1.807) is 13.2 Å². The molecule has 0 spiro atoms. The lowest BCUT2D eigenvalue weighted by atomic mass is 9.71. The fraction of sp³-hybridized carbons (Fsp3) is 0.323. The number of fused-ring (bicyclic) bond motifs is 5. The van der Waals surface area contributed by atoms with Gasteiger partial charge >= 0.3 is 0 Å². The summed E-state index contributed by atoms with van der Waals surface area (Å²) in [7, 11) is -1.95. The van der Waals surface area contributed by atoms with E-state index >= 15 is 0 Å². The third-order valence-electron chi connectivity index (χ3n) is 8.48. The highest BCUT2D eigenvalue weighted by molar-refractivity contribution is 7.91. The Morgan fingerprint density at radius 2 is 1.95 bits per heavy atom. The molecule has 6 heteroatoms. The van der Waals surface area contributed by atoms with E-state index in [1.807, 2.05) is 66.9 Å². The molecule has 2 bridgehead atoms. The zero-order valence-electron chi connectivity index (χ0n) is 21.1. The van der Waals surface area contributed by atoms with Crippen molar-refractivity contribution in [1.29, 1.82) is 0 Å². The highest BCUT2D eigenvalue weighted by Gasteiger charge is 2.44. The number of pyridine rings is 1. The van der Waals surface area contributed by atoms with Crippen molar-refractivity contribution in [3.05, 3.63) is 91.1 Å². The molecule has 3 aliphatic heterocycles. The first-order valence-electron chi connectivity index (χ1n) is 13.0. The Kier molecular flexibility index (Phi) is 6.25. The maximum absolute atomic E-state index is 14.2. The van der Waals surface area contributed by atoms with E-state index in [-0.39, 0.29) is 17.7 Å². The van der Waals surface area contributed by atoms with Gasteiger partial charge in [-0.05, 0) is 72.5 Å². The van der Waals surface area contributed by atoms with E-state index in [2.05, 4.69) is 22.5 Å². The quantitative estimate of drug-likeness (QED) is 0.291. The number of ether oxygens (including phenoxy) is 1. The van der Waals surface area contributed by atoms with Crippen molar-refractivity contribution in [3.8, 4) is 5.75 Å². The second-order valence-corrected chi connectivity index (χ2v) is 12.4. The van der Waals surface area contributed by atoms with Crippen LogP contribution < -0.4 is 4.74 Å². The zero-order chi connectivity index (χ0) is 25.6. The van der Waals surface area contributed by atoms with Crippen molar-refractivity contribution in [3.63, 3.8) is 0 Å². The van der Waals surface area contributed by atoms with Gasteiger partial charge in [0.05, 0.1) is 23.3 Å². The highest BCUT2D eigenvalue weighted by atomic mass is 32.2. The fourth-order valence-electron chi connectivity index (χ4n) is 6.59. The number of hydrogen-bond donors (Lipinski definition) is 0. The van der Waals surface area contributed by atoms with Crippen LogP contribution in [0.25, 0.3) is 21.7 Å². The van der Waals surface area contributed by atoms with Gasteiger partial charge in [0.15, 0.2) is 9.84 Å². The van der Waals surface area contributed by atoms with Gasteiger partial charge in [0.25, 0.3) is 0 Å². The minimum Gasteiger partial charge on any atom is -0.497 e. The van der Waals surface area contributed by atoms with Crippen LogP contribution in [0.5, 0.6) is 5.75 Å². The van der Waals surface area contributed by atoms with Gasteiger partial charge in [0.2, 0.25) is 0 Å². The van der Waals surface area contributed by atoms with E-state index in [0.29, 0.717) is 16.7 Å². The molecule has 190 valence electrons. The predicted molar refractivity (Wildman–Crippen MR) is 149 cm³/mol. The van der Waals surface area contributed by atoms with Gasteiger partial charge in [0, 0.05) is 35.5 Å². The Balaban J connectivity index is 1.49. The molecule has 4 aromatic rings. The summed E-state index contributed by atoms with van der Waals surface area (Å²) < 4.78 is 33.9. The fourth-order valence-corrected chi connectivity index (χ4v) is 8.45. The molecular formula is C31H32N2O3S. The minimum atomic E-state index is -3.60. The second kappa shape index (κ2) is 9.58. The van der Waals surface area contributed by atoms with Crippen molar-refractivity contribution >= 4 is 31.5 Å². The summed E-state index contributed by atoms with van der Waals surface area (Å²) in [4.78, 5) is 7.49. The van der Waals surface area contributed by atoms with Crippen LogP contribution in [0, 0.1) is 11.8 Å². The van der Waals surface area contributed by atoms with E-state index in [1.165, 1.54) is 0 Å². The van der Waals surface area contributed by atoms with Gasteiger partial charge in [-0.2, -0.15) is 0 Å². The Morgan fingerprint density at radius 1 is 1.11 bits per heavy atom. The van der Waals surface area contributed by atoms with Crippen LogP contribution in [0.3, 0.4) is 0 Å². The maximum Gasteiger partial charge on any atom is 0.179 e. The molecule has 0 amide bonds. The molecule has 3 fully saturated rings. The summed E-state index contributed by atoms with van der Waals surface area (Å²) in [6, 6.07) is 21.3. The Bertz CT molecular complexity index is 1580. The molecule has 0 N–H and O–H groups in total. The predicted octanol–water partition coefficient (Wildman–Crippen LogP) is 5.85. The molecule has 37 heavy (non-hydrogen) atoms. The lowest BCUT2D eigenvalue weighted by Crippen LogP contribution is -2.55. The molecule has 4 heterocycles. The molecule has 3 aliphatic rings. The number of sulfone groups is 1. The average molecular weight is 513 g/mol. The van der Waals surface area contributed by atoms with Crippen LogP contribution in [0.4, 0.5) is 0 Å². The van der Waals surface area contributed by atoms with Crippen LogP contribution in [0.15, 0.2) is 90.5 Å². The van der Waals surface area contributed by atoms with E-state index in [4.69, 9.17) is 4.74 Å². The topological polar surface area (TPSA) is 59.5 Å². The number of benzene rings is 3. The van der Waals surface area contributed by atoms with Crippen molar-refractivity contribution in [1.82, 2.24) is 9.88 Å². The smallest absolute Gasteiger partial charge is 0.179 e. The van der Waals surface area contributed by atoms with E-state index in [0.717, 1.165) is 58.9 Å². The first-order chi connectivity index (χ1) is 18.0. The van der Waals surface area contributed by atoms with Crippen molar-refractivity contribution in [2.45, 2.75) is 29.7 Å². The summed E-state index contributed by atoms with van der Waals surface area (Å²) in [6.07, 6.45) is 6.01. The van der Waals surface area contributed by atoms with Crippen molar-refractivity contribution < 1.29 is 13.2 Å². The van der Waals surface area contributed by atoms with Crippen LogP contribution in [-0.4, -0.2) is 50.3 Å². The average Bonchev–Trinajstić information content (AvgIpc) is 2.95. The molecule has 3 saturated heterocycles. The molecule has 5 nitrogen and oxygen atoms in total. The summed E-state index contributed by atoms with van der Waals surface area (Å²) in [6.45, 7) is 6.01. The number of rotatable bonds is 7. The van der Waals surface area contributed by atoms with Gasteiger partial charge < -0.3 is 4.74 Å². The molecule has 3 aromatic carbocycles. The standard InChI is InChI=1S/C31H32N2O3S/c1-3-21-19-33-16-14-23(21)17-30(33)28(26-13-15-32-29-12-11-24(36-2)18-27(26)29)20-37(34,35)31-10-6-8-22-7-4-5-9-25(22)31/h3-13,15,18,21,23,28,30H,1,14,16-17,19-20H2,2H3/t21?,23?,28-,30-/m0/s1. The van der Waals surface area contributed by atoms with Crippen LogP contribution in [0.2, 0.25) is 0 Å². The second-order valence-electron chi connectivity index (χ2n) is 10.4. The Morgan fingerprint density at radius 3 is 2.73 bits per heavy atom. The van der Waals surface area contributed by atoms with Crippen LogP contribution >= 0.6 is 0 Å². The minimum absolute atomic E-state index is 0.0456. The number of methoxy groups -OCH3 is 1. The summed E-state index contributed by atoms with van der Waals surface area (Å²) in [5.74, 6) is 1.60. The maximum atomic E-state index is 14.2. The Labute approximate surface area is 218 Å². The van der Waals surface area contributed by atoms with Gasteiger partial charge in [-0.3, -0.25) is 9.88 Å². The van der Waals surface area contributed by atoms with Crippen LogP contribution in [-0.2, 0) is 9.84 Å². The van der Waals surface area contributed by atoms with Gasteiger partial charge in [0.1, 0.15) is 5.75 Å². The van der Waals surface area contributed by atoms with E-state index in [9.17, 15) is 8.42 Å².